The first kappa shape index (κ1) is 15.5. The van der Waals surface area contributed by atoms with E-state index >= 15 is 0 Å². The fourth-order valence-electron chi connectivity index (χ4n) is 1.81. The van der Waals surface area contributed by atoms with Gasteiger partial charge >= 0.3 is 0 Å². The van der Waals surface area contributed by atoms with E-state index in [1.54, 1.807) is 0 Å². The normalized spacial score (nSPS) is 10.3. The van der Waals surface area contributed by atoms with Gasteiger partial charge in [0.1, 0.15) is 0 Å². The van der Waals surface area contributed by atoms with Crippen LogP contribution < -0.4 is 5.32 Å². The highest BCUT2D eigenvalue weighted by Crippen LogP contribution is 2.04. The molecule has 0 spiro atoms. The number of rotatable bonds is 9. The summed E-state index contributed by atoms with van der Waals surface area (Å²) in [6.45, 7) is 0.834. The standard InChI is InChI=1S/C15H22INO/c16-12-5-2-6-13-17-15(18)11-7-10-14-8-3-1-4-9-14/h1,3-4,8-9H,2,5-7,10-13H2,(H,17,18). The number of aryl methyl sites for hydroxylation is 1. The molecular weight excluding hydrogens is 337 g/mol. The van der Waals surface area contributed by atoms with Gasteiger partial charge in [0, 0.05) is 13.0 Å². The Morgan fingerprint density at radius 3 is 2.56 bits per heavy atom. The Morgan fingerprint density at radius 1 is 1.06 bits per heavy atom. The molecule has 100 valence electrons. The monoisotopic (exact) mass is 359 g/mol. The lowest BCUT2D eigenvalue weighted by Gasteiger charge is -2.05. The summed E-state index contributed by atoms with van der Waals surface area (Å²) in [5.74, 6) is 0.195. The molecule has 0 aliphatic heterocycles. The molecule has 0 aliphatic rings. The molecule has 0 heterocycles. The third kappa shape index (κ3) is 7.69. The van der Waals surface area contributed by atoms with Crippen LogP contribution in [0.15, 0.2) is 30.3 Å². The van der Waals surface area contributed by atoms with Gasteiger partial charge < -0.3 is 5.32 Å². The number of unbranched alkanes of at least 4 members (excludes halogenated alkanes) is 2. The lowest BCUT2D eigenvalue weighted by molar-refractivity contribution is -0.121. The molecule has 0 atom stereocenters. The maximum Gasteiger partial charge on any atom is 0.220 e. The van der Waals surface area contributed by atoms with E-state index in [1.807, 2.05) is 18.2 Å². The molecule has 0 bridgehead atoms. The molecule has 0 unspecified atom stereocenters. The zero-order chi connectivity index (χ0) is 13.1. The van der Waals surface area contributed by atoms with Crippen LogP contribution in [0.1, 0.15) is 37.7 Å². The highest BCUT2D eigenvalue weighted by atomic mass is 127. The van der Waals surface area contributed by atoms with Gasteiger partial charge in [-0.25, -0.2) is 0 Å². The molecular formula is C15H22INO. The molecule has 0 saturated carbocycles. The molecule has 1 rings (SSSR count). The predicted molar refractivity (Wildman–Crippen MR) is 85.1 cm³/mol. The van der Waals surface area contributed by atoms with E-state index < -0.39 is 0 Å². The van der Waals surface area contributed by atoms with Crippen molar-refractivity contribution in [3.05, 3.63) is 35.9 Å². The number of benzene rings is 1. The Hall–Kier alpha value is -0.580. The first-order valence-electron chi connectivity index (χ1n) is 6.69. The number of hydrogen-bond acceptors (Lipinski definition) is 1. The molecule has 0 fully saturated rings. The first-order chi connectivity index (χ1) is 8.83. The average Bonchev–Trinajstić information content (AvgIpc) is 2.40. The number of hydrogen-bond donors (Lipinski definition) is 1. The highest BCUT2D eigenvalue weighted by Gasteiger charge is 2.00. The van der Waals surface area contributed by atoms with Crippen LogP contribution in [0.25, 0.3) is 0 Å². The van der Waals surface area contributed by atoms with Crippen LogP contribution in [0.3, 0.4) is 0 Å². The molecule has 18 heavy (non-hydrogen) atoms. The highest BCUT2D eigenvalue weighted by molar-refractivity contribution is 14.1. The van der Waals surface area contributed by atoms with Crippen LogP contribution in [0, 0.1) is 0 Å². The Balaban J connectivity index is 2.00. The van der Waals surface area contributed by atoms with E-state index in [9.17, 15) is 4.79 Å². The summed E-state index contributed by atoms with van der Waals surface area (Å²) in [7, 11) is 0. The van der Waals surface area contributed by atoms with Gasteiger partial charge in [0.05, 0.1) is 0 Å². The quantitative estimate of drug-likeness (QED) is 0.406. The van der Waals surface area contributed by atoms with E-state index in [-0.39, 0.29) is 5.91 Å². The van der Waals surface area contributed by atoms with Crippen LogP contribution >= 0.6 is 22.6 Å². The Morgan fingerprint density at radius 2 is 1.83 bits per heavy atom. The third-order valence-electron chi connectivity index (χ3n) is 2.84. The van der Waals surface area contributed by atoms with Gasteiger partial charge in [0.15, 0.2) is 0 Å². The van der Waals surface area contributed by atoms with E-state index in [0.717, 1.165) is 25.8 Å². The molecule has 0 aromatic heterocycles. The fraction of sp³-hybridized carbons (Fsp3) is 0.533. The maximum absolute atomic E-state index is 11.6. The summed E-state index contributed by atoms with van der Waals surface area (Å²) in [6.07, 6.45) is 6.14. The number of carbonyl (C=O) groups is 1. The molecule has 0 aliphatic carbocycles. The largest absolute Gasteiger partial charge is 0.356 e. The number of halogens is 1. The number of nitrogens with one attached hydrogen (secondary N) is 1. The van der Waals surface area contributed by atoms with Gasteiger partial charge in [-0.1, -0.05) is 59.3 Å². The van der Waals surface area contributed by atoms with E-state index in [1.165, 1.54) is 22.8 Å². The SMILES string of the molecule is O=C(CCCc1ccccc1)NCCCCCI. The van der Waals surface area contributed by atoms with Crippen molar-refractivity contribution >= 4 is 28.5 Å². The molecule has 0 radical (unpaired) electrons. The van der Waals surface area contributed by atoms with Crippen molar-refractivity contribution in [2.45, 2.75) is 38.5 Å². The summed E-state index contributed by atoms with van der Waals surface area (Å²) >= 11 is 2.39. The topological polar surface area (TPSA) is 29.1 Å². The van der Waals surface area contributed by atoms with E-state index in [2.05, 4.69) is 40.0 Å². The lowest BCUT2D eigenvalue weighted by Crippen LogP contribution is -2.24. The molecule has 0 saturated heterocycles. The number of alkyl halides is 1. The number of carbonyl (C=O) groups excluding carboxylic acids is 1. The third-order valence-corrected chi connectivity index (χ3v) is 3.61. The summed E-state index contributed by atoms with van der Waals surface area (Å²) in [6, 6.07) is 10.3. The summed E-state index contributed by atoms with van der Waals surface area (Å²) in [4.78, 5) is 11.6. The van der Waals surface area contributed by atoms with Gasteiger partial charge in [-0.15, -0.1) is 0 Å². The van der Waals surface area contributed by atoms with Crippen LogP contribution in [-0.2, 0) is 11.2 Å². The van der Waals surface area contributed by atoms with Gasteiger partial charge in [0.25, 0.3) is 0 Å². The van der Waals surface area contributed by atoms with Crippen molar-refractivity contribution in [2.75, 3.05) is 11.0 Å². The van der Waals surface area contributed by atoms with Crippen molar-refractivity contribution in [1.82, 2.24) is 5.32 Å². The van der Waals surface area contributed by atoms with E-state index in [0.29, 0.717) is 6.42 Å². The van der Waals surface area contributed by atoms with Crippen molar-refractivity contribution in [3.8, 4) is 0 Å². The Bertz CT molecular complexity index is 327. The molecule has 1 aromatic rings. The Kier molecular flexibility index (Phi) is 8.90. The lowest BCUT2D eigenvalue weighted by atomic mass is 10.1. The molecule has 1 N–H and O–H groups in total. The second kappa shape index (κ2) is 10.4. The minimum atomic E-state index is 0.195. The van der Waals surface area contributed by atoms with Crippen LogP contribution in [0.4, 0.5) is 0 Å². The fourth-order valence-corrected chi connectivity index (χ4v) is 2.35. The smallest absolute Gasteiger partial charge is 0.220 e. The zero-order valence-corrected chi connectivity index (χ0v) is 13.0. The maximum atomic E-state index is 11.6. The predicted octanol–water partition coefficient (Wildman–Crippen LogP) is 3.73. The average molecular weight is 359 g/mol. The van der Waals surface area contributed by atoms with Crippen molar-refractivity contribution in [1.29, 1.82) is 0 Å². The minimum Gasteiger partial charge on any atom is -0.356 e. The second-order valence-electron chi connectivity index (χ2n) is 4.44. The summed E-state index contributed by atoms with van der Waals surface area (Å²) < 4.78 is 1.21. The molecule has 2 nitrogen and oxygen atoms in total. The van der Waals surface area contributed by atoms with Gasteiger partial charge in [-0.05, 0) is 35.7 Å². The van der Waals surface area contributed by atoms with Crippen LogP contribution in [-0.4, -0.2) is 16.9 Å². The van der Waals surface area contributed by atoms with Gasteiger partial charge in [-0.3, -0.25) is 4.79 Å². The molecule has 1 amide bonds. The zero-order valence-electron chi connectivity index (χ0n) is 10.8. The number of amides is 1. The second-order valence-corrected chi connectivity index (χ2v) is 5.52. The molecule has 3 heteroatoms. The first-order valence-corrected chi connectivity index (χ1v) is 8.22. The summed E-state index contributed by atoms with van der Waals surface area (Å²) in [5, 5.41) is 2.99. The van der Waals surface area contributed by atoms with Crippen LogP contribution in [0.5, 0.6) is 0 Å². The van der Waals surface area contributed by atoms with Gasteiger partial charge in [0.2, 0.25) is 5.91 Å². The van der Waals surface area contributed by atoms with Crippen molar-refractivity contribution < 1.29 is 4.79 Å². The van der Waals surface area contributed by atoms with E-state index in [4.69, 9.17) is 0 Å². The molecule has 1 aromatic carbocycles. The minimum absolute atomic E-state index is 0.195. The summed E-state index contributed by atoms with van der Waals surface area (Å²) in [5.41, 5.74) is 1.31. The Labute approximate surface area is 124 Å². The van der Waals surface area contributed by atoms with Crippen molar-refractivity contribution in [2.24, 2.45) is 0 Å². The van der Waals surface area contributed by atoms with Gasteiger partial charge in [-0.2, -0.15) is 0 Å². The van der Waals surface area contributed by atoms with Crippen molar-refractivity contribution in [3.63, 3.8) is 0 Å². The van der Waals surface area contributed by atoms with Crippen LogP contribution in [0.2, 0.25) is 0 Å².